The Morgan fingerprint density at radius 2 is 1.08 bits per heavy atom. The molecule has 0 saturated carbocycles. The summed E-state index contributed by atoms with van der Waals surface area (Å²) in [7, 11) is 0. The lowest BCUT2D eigenvalue weighted by Gasteiger charge is -2.28. The molecule has 2 aromatic carbocycles. The number of hydrogen-bond donors (Lipinski definition) is 2. The Labute approximate surface area is 220 Å². The molecule has 8 nitrogen and oxygen atoms in total. The second-order valence-corrected chi connectivity index (χ2v) is 9.23. The molecule has 0 fully saturated rings. The first kappa shape index (κ1) is 30.4. The molecule has 0 amide bonds. The zero-order valence-electron chi connectivity index (χ0n) is 22.6. The minimum atomic E-state index is -0.756. The fraction of sp³-hybridized carbons (Fsp3) is 0.517. The van der Waals surface area contributed by atoms with E-state index in [1.54, 1.807) is 48.5 Å². The molecule has 2 N–H and O–H groups in total. The van der Waals surface area contributed by atoms with Gasteiger partial charge in [0.1, 0.15) is 36.9 Å². The topological polar surface area (TPSA) is 99.5 Å². The highest BCUT2D eigenvalue weighted by molar-refractivity contribution is 5.94. The van der Waals surface area contributed by atoms with Gasteiger partial charge in [-0.15, -0.1) is 0 Å². The first-order valence-electron chi connectivity index (χ1n) is 13.0. The molecule has 0 heterocycles. The Morgan fingerprint density at radius 1 is 0.703 bits per heavy atom. The van der Waals surface area contributed by atoms with E-state index in [1.807, 2.05) is 4.90 Å². The smallest absolute Gasteiger partial charge is 0.159 e. The van der Waals surface area contributed by atoms with Crippen molar-refractivity contribution in [1.82, 2.24) is 9.80 Å². The Kier molecular flexibility index (Phi) is 13.3. The van der Waals surface area contributed by atoms with Crippen molar-refractivity contribution in [2.45, 2.75) is 46.3 Å². The van der Waals surface area contributed by atoms with Crippen LogP contribution in [-0.4, -0.2) is 96.3 Å². The van der Waals surface area contributed by atoms with Gasteiger partial charge in [-0.05, 0) is 95.0 Å². The van der Waals surface area contributed by atoms with Crippen LogP contribution in [0.15, 0.2) is 48.5 Å². The van der Waals surface area contributed by atoms with Gasteiger partial charge in [0.05, 0.1) is 0 Å². The van der Waals surface area contributed by atoms with Gasteiger partial charge in [-0.2, -0.15) is 0 Å². The number of Topliss-reactive ketones (excluding diaryl/α,β-unsaturated/α-hetero) is 2. The molecule has 37 heavy (non-hydrogen) atoms. The third kappa shape index (κ3) is 11.4. The number of benzene rings is 2. The summed E-state index contributed by atoms with van der Waals surface area (Å²) in [5.74, 6) is 1.15. The van der Waals surface area contributed by atoms with E-state index in [2.05, 4.69) is 18.7 Å². The minimum Gasteiger partial charge on any atom is -0.491 e. The second kappa shape index (κ2) is 16.1. The van der Waals surface area contributed by atoms with Crippen molar-refractivity contribution in [3.63, 3.8) is 0 Å². The Hall–Kier alpha value is -2.78. The van der Waals surface area contributed by atoms with Crippen LogP contribution in [0, 0.1) is 0 Å². The van der Waals surface area contributed by atoms with E-state index in [4.69, 9.17) is 9.47 Å². The maximum Gasteiger partial charge on any atom is 0.159 e. The van der Waals surface area contributed by atoms with Crippen molar-refractivity contribution in [2.75, 3.05) is 52.5 Å². The molecule has 2 rings (SSSR count). The van der Waals surface area contributed by atoms with Crippen molar-refractivity contribution < 1.29 is 29.3 Å². The zero-order chi connectivity index (χ0) is 27.2. The van der Waals surface area contributed by atoms with Crippen LogP contribution >= 0.6 is 0 Å². The predicted molar refractivity (Wildman–Crippen MR) is 145 cm³/mol. The second-order valence-electron chi connectivity index (χ2n) is 9.23. The van der Waals surface area contributed by atoms with Crippen LogP contribution in [-0.2, 0) is 0 Å². The molecule has 0 aromatic heterocycles. The first-order valence-corrected chi connectivity index (χ1v) is 13.0. The number of hydrogen-bond acceptors (Lipinski definition) is 8. The maximum absolute atomic E-state index is 11.4. The molecule has 0 aliphatic heterocycles. The predicted octanol–water partition coefficient (Wildman–Crippen LogP) is 3.31. The van der Waals surface area contributed by atoms with E-state index in [0.717, 1.165) is 26.1 Å². The Bertz CT molecular complexity index is 874. The summed E-state index contributed by atoms with van der Waals surface area (Å²) in [6.45, 7) is 11.8. The van der Waals surface area contributed by atoms with Crippen LogP contribution in [0.25, 0.3) is 0 Å². The number of carbonyl (C=O) groups is 2. The highest BCUT2D eigenvalue weighted by Gasteiger charge is 2.17. The zero-order valence-corrected chi connectivity index (χ0v) is 22.6. The summed E-state index contributed by atoms with van der Waals surface area (Å²) in [5.41, 5.74) is 1.22. The molecule has 8 heteroatoms. The highest BCUT2D eigenvalue weighted by Crippen LogP contribution is 2.14. The van der Waals surface area contributed by atoms with E-state index in [9.17, 15) is 19.8 Å². The molecule has 0 bridgehead atoms. The first-order chi connectivity index (χ1) is 17.7. The van der Waals surface area contributed by atoms with Crippen LogP contribution in [0.5, 0.6) is 11.5 Å². The van der Waals surface area contributed by atoms with Gasteiger partial charge in [0, 0.05) is 24.2 Å². The number of aliphatic hydroxyl groups excluding tert-OH is 2. The Morgan fingerprint density at radius 3 is 1.43 bits per heavy atom. The van der Waals surface area contributed by atoms with E-state index >= 15 is 0 Å². The molecule has 0 spiro atoms. The SMILES string of the molecule is CCN(CC)CCCN(C[C@@H](O)COc1ccc(C(C)=O)cc1)C[C@@H](O)COc1ccc(C(C)=O)cc1. The quantitative estimate of drug-likeness (QED) is 0.292. The lowest BCUT2D eigenvalue weighted by atomic mass is 10.1. The average molecular weight is 515 g/mol. The average Bonchev–Trinajstić information content (AvgIpc) is 2.89. The van der Waals surface area contributed by atoms with Gasteiger partial charge >= 0.3 is 0 Å². The summed E-state index contributed by atoms with van der Waals surface area (Å²) in [6, 6.07) is 13.7. The van der Waals surface area contributed by atoms with Gasteiger partial charge in [0.25, 0.3) is 0 Å². The van der Waals surface area contributed by atoms with Crippen molar-refractivity contribution in [3.8, 4) is 11.5 Å². The van der Waals surface area contributed by atoms with Crippen LogP contribution in [0.1, 0.15) is 54.8 Å². The van der Waals surface area contributed by atoms with E-state index < -0.39 is 12.2 Å². The summed E-state index contributed by atoms with van der Waals surface area (Å²) in [5, 5.41) is 21.3. The maximum atomic E-state index is 11.4. The van der Waals surface area contributed by atoms with Gasteiger partial charge in [0.15, 0.2) is 11.6 Å². The largest absolute Gasteiger partial charge is 0.491 e. The van der Waals surface area contributed by atoms with Gasteiger partial charge < -0.3 is 24.6 Å². The van der Waals surface area contributed by atoms with Crippen LogP contribution in [0.2, 0.25) is 0 Å². The molecule has 2 atom stereocenters. The monoisotopic (exact) mass is 514 g/mol. The lowest BCUT2D eigenvalue weighted by molar-refractivity contribution is 0.0300. The van der Waals surface area contributed by atoms with Crippen LogP contribution in [0.3, 0.4) is 0 Å². The number of aliphatic hydroxyl groups is 2. The summed E-state index contributed by atoms with van der Waals surface area (Å²) < 4.78 is 11.4. The fourth-order valence-corrected chi connectivity index (χ4v) is 3.97. The molecule has 2 aromatic rings. The normalized spacial score (nSPS) is 13.0. The molecule has 0 saturated heterocycles. The van der Waals surface area contributed by atoms with Crippen molar-refractivity contribution in [3.05, 3.63) is 59.7 Å². The molecule has 204 valence electrons. The standard InChI is InChI=1S/C29H42N2O6/c1-5-30(6-2)16-7-17-31(18-26(34)20-36-28-12-8-24(9-13-28)22(3)32)19-27(35)21-37-29-14-10-25(11-15-29)23(4)33/h8-15,26-27,34-35H,5-7,16-21H2,1-4H3/t26-,27-/m1/s1. The number of ether oxygens (including phenoxy) is 2. The van der Waals surface area contributed by atoms with E-state index in [0.29, 0.717) is 42.3 Å². The molecular weight excluding hydrogens is 472 g/mol. The summed E-state index contributed by atoms with van der Waals surface area (Å²) in [6.07, 6.45) is -0.608. The number of rotatable bonds is 18. The molecule has 0 unspecified atom stereocenters. The van der Waals surface area contributed by atoms with E-state index in [1.165, 1.54) is 13.8 Å². The summed E-state index contributed by atoms with van der Waals surface area (Å²) in [4.78, 5) is 27.2. The molecule has 0 radical (unpaired) electrons. The van der Waals surface area contributed by atoms with Crippen molar-refractivity contribution in [1.29, 1.82) is 0 Å². The van der Waals surface area contributed by atoms with Crippen LogP contribution in [0.4, 0.5) is 0 Å². The van der Waals surface area contributed by atoms with Gasteiger partial charge in [-0.1, -0.05) is 13.8 Å². The third-order valence-electron chi connectivity index (χ3n) is 6.19. The van der Waals surface area contributed by atoms with Gasteiger partial charge in [0.2, 0.25) is 0 Å². The molecule has 0 aliphatic carbocycles. The van der Waals surface area contributed by atoms with Crippen molar-refractivity contribution in [2.24, 2.45) is 0 Å². The van der Waals surface area contributed by atoms with Crippen LogP contribution < -0.4 is 9.47 Å². The summed E-state index contributed by atoms with van der Waals surface area (Å²) >= 11 is 0. The molecular formula is C29H42N2O6. The third-order valence-corrected chi connectivity index (χ3v) is 6.19. The van der Waals surface area contributed by atoms with E-state index in [-0.39, 0.29) is 24.8 Å². The number of nitrogens with zero attached hydrogens (tertiary/aromatic N) is 2. The van der Waals surface area contributed by atoms with Gasteiger partial charge in [-0.25, -0.2) is 0 Å². The minimum absolute atomic E-state index is 0.0115. The number of ketones is 2. The van der Waals surface area contributed by atoms with Crippen molar-refractivity contribution >= 4 is 11.6 Å². The molecule has 0 aliphatic rings. The fourth-order valence-electron chi connectivity index (χ4n) is 3.97. The Balaban J connectivity index is 1.89. The highest BCUT2D eigenvalue weighted by atomic mass is 16.5. The van der Waals surface area contributed by atoms with Gasteiger partial charge in [-0.3, -0.25) is 14.5 Å². The number of carbonyl (C=O) groups excluding carboxylic acids is 2. The lowest BCUT2D eigenvalue weighted by Crippen LogP contribution is -2.42.